The Morgan fingerprint density at radius 3 is 1.25 bits per heavy atom. The summed E-state index contributed by atoms with van der Waals surface area (Å²) in [6, 6.07) is 2.64. The molecule has 0 spiro atoms. The van der Waals surface area contributed by atoms with Gasteiger partial charge in [0.05, 0.1) is 37.8 Å². The number of nitrogens with zero attached hydrogens (tertiary/aromatic N) is 4. The molecule has 0 bridgehead atoms. The fraction of sp³-hybridized carbons (Fsp3) is 0.952. The summed E-state index contributed by atoms with van der Waals surface area (Å²) in [6.45, 7) is 4.29. The summed E-state index contributed by atoms with van der Waals surface area (Å²) in [5, 5.41) is 0. The normalized spacial score (nSPS) is 43.3. The number of hydrogen-bond acceptors (Lipinski definition) is 6. The largest absolute Gasteiger partial charge is 0.362 e. The predicted octanol–water partition coefficient (Wildman–Crippen LogP) is 9.06. The van der Waals surface area contributed by atoms with Crippen LogP contribution >= 0.6 is 0 Å². The zero-order chi connectivity index (χ0) is 32.1. The van der Waals surface area contributed by atoms with Gasteiger partial charge in [0.1, 0.15) is 0 Å². The summed E-state index contributed by atoms with van der Waals surface area (Å²) in [7, 11) is 0. The molecule has 2 aliphatic heterocycles. The minimum atomic E-state index is 0.497. The highest BCUT2D eigenvalue weighted by Gasteiger charge is 2.39. The second-order valence-electron chi connectivity index (χ2n) is 18.2. The lowest BCUT2D eigenvalue weighted by Crippen LogP contribution is -2.52. The van der Waals surface area contributed by atoms with E-state index in [0.717, 1.165) is 49.2 Å². The van der Waals surface area contributed by atoms with Crippen molar-refractivity contribution >= 4 is 12.4 Å². The van der Waals surface area contributed by atoms with E-state index in [1.54, 1.807) is 0 Å². The molecule has 0 radical (unpaired) electrons. The van der Waals surface area contributed by atoms with E-state index in [1.165, 1.54) is 167 Å². The molecule has 8 fully saturated rings. The molecule has 0 aromatic heterocycles. The minimum absolute atomic E-state index is 0.497. The molecule has 6 unspecified atom stereocenters. The number of rotatable bonds is 7. The molecule has 0 amide bonds. The Balaban J connectivity index is 0.728. The first-order chi connectivity index (χ1) is 23.7. The molecule has 2 saturated heterocycles. The monoisotopic (exact) mass is 663 g/mol. The Kier molecular flexibility index (Phi) is 11.9. The van der Waals surface area contributed by atoms with Crippen LogP contribution in [0.4, 0.5) is 0 Å². The molecule has 270 valence electrons. The zero-order valence-electron chi connectivity index (χ0n) is 30.5. The molecule has 6 atom stereocenters. The van der Waals surface area contributed by atoms with E-state index in [9.17, 15) is 0 Å². The molecule has 2 heterocycles. The van der Waals surface area contributed by atoms with Crippen molar-refractivity contribution in [2.24, 2.45) is 45.5 Å². The highest BCUT2D eigenvalue weighted by Crippen LogP contribution is 2.42. The standard InChI is InChI=1S/C42H70N4O2/c1-3-7-39(8-4-1)45-27-35-23-37(19-21-41(35)47-29-45)43-25-31-11-15-33(16-12-31)34-17-13-32(14-18-34)26-44-38-20-22-42-36(24-38)28-46(30-48-42)40-9-5-2-6-10-40/h25-26,31-42H,1-24,27-30H2. The third-order valence-corrected chi connectivity index (χ3v) is 15.1. The van der Waals surface area contributed by atoms with Gasteiger partial charge >= 0.3 is 0 Å². The van der Waals surface area contributed by atoms with Gasteiger partial charge in [-0.3, -0.25) is 19.8 Å². The van der Waals surface area contributed by atoms with Crippen LogP contribution in [-0.4, -0.2) is 85.2 Å². The van der Waals surface area contributed by atoms with Gasteiger partial charge in [0.25, 0.3) is 0 Å². The second kappa shape index (κ2) is 16.7. The van der Waals surface area contributed by atoms with Gasteiger partial charge in [0.15, 0.2) is 0 Å². The van der Waals surface area contributed by atoms with Crippen LogP contribution in [0.1, 0.15) is 154 Å². The molecule has 6 saturated carbocycles. The lowest BCUT2D eigenvalue weighted by Gasteiger charge is -2.46. The Morgan fingerprint density at radius 2 is 0.833 bits per heavy atom. The molecule has 6 aliphatic carbocycles. The first kappa shape index (κ1) is 34.3. The molecular formula is C42H70N4O2. The number of fused-ring (bicyclic) bond motifs is 2. The van der Waals surface area contributed by atoms with Crippen molar-refractivity contribution in [2.75, 3.05) is 26.6 Å². The topological polar surface area (TPSA) is 49.7 Å². The van der Waals surface area contributed by atoms with Crippen molar-refractivity contribution in [1.29, 1.82) is 0 Å². The highest BCUT2D eigenvalue weighted by atomic mass is 16.5. The maximum absolute atomic E-state index is 6.41. The Morgan fingerprint density at radius 1 is 0.417 bits per heavy atom. The van der Waals surface area contributed by atoms with Crippen LogP contribution in [0.3, 0.4) is 0 Å². The Labute approximate surface area is 293 Å². The number of aliphatic imine (C=N–C) groups is 2. The maximum Gasteiger partial charge on any atom is 0.0996 e. The van der Waals surface area contributed by atoms with Crippen LogP contribution in [0.15, 0.2) is 9.98 Å². The second-order valence-corrected chi connectivity index (χ2v) is 18.2. The van der Waals surface area contributed by atoms with Gasteiger partial charge in [-0.25, -0.2) is 0 Å². The first-order valence-corrected chi connectivity index (χ1v) is 21.5. The lowest BCUT2D eigenvalue weighted by atomic mass is 9.69. The van der Waals surface area contributed by atoms with Crippen LogP contribution in [0.2, 0.25) is 0 Å². The maximum atomic E-state index is 6.41. The fourth-order valence-corrected chi connectivity index (χ4v) is 12.0. The number of hydrogen-bond donors (Lipinski definition) is 0. The number of ether oxygens (including phenoxy) is 2. The molecule has 0 aromatic rings. The molecule has 6 nitrogen and oxygen atoms in total. The van der Waals surface area contributed by atoms with E-state index in [4.69, 9.17) is 19.5 Å². The molecule has 48 heavy (non-hydrogen) atoms. The zero-order valence-corrected chi connectivity index (χ0v) is 30.5. The minimum Gasteiger partial charge on any atom is -0.362 e. The van der Waals surface area contributed by atoms with Crippen LogP contribution in [0.5, 0.6) is 0 Å². The Bertz CT molecular complexity index is 956. The van der Waals surface area contributed by atoms with Crippen molar-refractivity contribution in [3.8, 4) is 0 Å². The van der Waals surface area contributed by atoms with Crippen LogP contribution in [0, 0.1) is 35.5 Å². The third-order valence-electron chi connectivity index (χ3n) is 15.1. The molecular weight excluding hydrogens is 592 g/mol. The molecule has 8 aliphatic rings. The van der Waals surface area contributed by atoms with E-state index in [0.29, 0.717) is 36.1 Å². The quantitative estimate of drug-likeness (QED) is 0.255. The third kappa shape index (κ3) is 8.61. The summed E-state index contributed by atoms with van der Waals surface area (Å²) >= 11 is 0. The van der Waals surface area contributed by atoms with Gasteiger partial charge in [-0.15, -0.1) is 0 Å². The highest BCUT2D eigenvalue weighted by molar-refractivity contribution is 5.61. The van der Waals surface area contributed by atoms with Crippen LogP contribution in [0.25, 0.3) is 0 Å². The average Bonchev–Trinajstić information content (AvgIpc) is 3.17. The van der Waals surface area contributed by atoms with Gasteiger partial charge in [0, 0.05) is 37.6 Å². The van der Waals surface area contributed by atoms with Crippen molar-refractivity contribution in [3.05, 3.63) is 0 Å². The lowest BCUT2D eigenvalue weighted by molar-refractivity contribution is -0.135. The Hall–Kier alpha value is -0.820. The van der Waals surface area contributed by atoms with Crippen molar-refractivity contribution in [2.45, 2.75) is 190 Å². The van der Waals surface area contributed by atoms with Crippen molar-refractivity contribution in [3.63, 3.8) is 0 Å². The predicted molar refractivity (Wildman–Crippen MR) is 197 cm³/mol. The van der Waals surface area contributed by atoms with Crippen LogP contribution in [-0.2, 0) is 9.47 Å². The summed E-state index contributed by atoms with van der Waals surface area (Å²) in [5.41, 5.74) is 0. The molecule has 6 heteroatoms. The summed E-state index contributed by atoms with van der Waals surface area (Å²) in [5.74, 6) is 4.77. The van der Waals surface area contributed by atoms with Gasteiger partial charge in [-0.05, 0) is 151 Å². The van der Waals surface area contributed by atoms with E-state index in [1.807, 2.05) is 0 Å². The molecule has 8 rings (SSSR count). The average molecular weight is 663 g/mol. The smallest absolute Gasteiger partial charge is 0.0996 e. The summed E-state index contributed by atoms with van der Waals surface area (Å²) < 4.78 is 12.8. The van der Waals surface area contributed by atoms with E-state index < -0.39 is 0 Å². The van der Waals surface area contributed by atoms with Gasteiger partial charge in [-0.2, -0.15) is 0 Å². The van der Waals surface area contributed by atoms with Crippen molar-refractivity contribution < 1.29 is 9.47 Å². The summed E-state index contributed by atoms with van der Waals surface area (Å²) in [4.78, 5) is 15.9. The van der Waals surface area contributed by atoms with Crippen molar-refractivity contribution in [1.82, 2.24) is 9.80 Å². The summed E-state index contributed by atoms with van der Waals surface area (Å²) in [6.07, 6.45) is 38.6. The first-order valence-electron chi connectivity index (χ1n) is 21.5. The molecule has 0 N–H and O–H groups in total. The van der Waals surface area contributed by atoms with Gasteiger partial charge < -0.3 is 9.47 Å². The fourth-order valence-electron chi connectivity index (χ4n) is 12.0. The van der Waals surface area contributed by atoms with Gasteiger partial charge in [-0.1, -0.05) is 38.5 Å². The van der Waals surface area contributed by atoms with Gasteiger partial charge in [0.2, 0.25) is 0 Å². The van der Waals surface area contributed by atoms with Crippen LogP contribution < -0.4 is 0 Å². The van der Waals surface area contributed by atoms with E-state index >= 15 is 0 Å². The van der Waals surface area contributed by atoms with E-state index in [2.05, 4.69) is 22.2 Å². The molecule has 0 aromatic carbocycles. The van der Waals surface area contributed by atoms with E-state index in [-0.39, 0.29) is 0 Å². The SMILES string of the molecule is C(=NC1CCC2OCN(C3CCCCC3)CC2C1)C1CCC(C2CCC(C=NC3CCC4OCN(C5CCCCC5)CC4C3)CC2)CC1.